The molecule has 0 spiro atoms. The molecule has 0 aliphatic heterocycles. The van der Waals surface area contributed by atoms with E-state index in [1.54, 1.807) is 6.92 Å². The summed E-state index contributed by atoms with van der Waals surface area (Å²) in [5.41, 5.74) is 0.899. The molecule has 2 nitrogen and oxygen atoms in total. The Labute approximate surface area is 91.9 Å². The molecule has 1 rings (SSSR count). The lowest BCUT2D eigenvalue weighted by molar-refractivity contribution is 0.193. The van der Waals surface area contributed by atoms with Gasteiger partial charge in [-0.25, -0.2) is 0 Å². The van der Waals surface area contributed by atoms with E-state index in [4.69, 9.17) is 4.74 Å². The molecular formula is C13H20O2. The van der Waals surface area contributed by atoms with Crippen LogP contribution in [-0.2, 0) is 0 Å². The molecule has 0 aromatic heterocycles. The Bertz CT molecular complexity index is 294. The van der Waals surface area contributed by atoms with Crippen LogP contribution >= 0.6 is 0 Å². The maximum Gasteiger partial charge on any atom is 0.120 e. The Morgan fingerprint density at radius 3 is 2.67 bits per heavy atom. The highest BCUT2D eigenvalue weighted by molar-refractivity contribution is 5.29. The zero-order valence-corrected chi connectivity index (χ0v) is 9.73. The summed E-state index contributed by atoms with van der Waals surface area (Å²) in [5.74, 6) is 0.842. The molecule has 0 heterocycles. The Morgan fingerprint density at radius 2 is 2.07 bits per heavy atom. The highest BCUT2D eigenvalue weighted by atomic mass is 16.5. The number of aliphatic hydroxyl groups excluding tert-OH is 1. The van der Waals surface area contributed by atoms with Gasteiger partial charge in [-0.05, 0) is 38.0 Å². The van der Waals surface area contributed by atoms with Gasteiger partial charge in [0.25, 0.3) is 0 Å². The van der Waals surface area contributed by atoms with Gasteiger partial charge >= 0.3 is 0 Å². The van der Waals surface area contributed by atoms with Crippen molar-refractivity contribution >= 4 is 0 Å². The van der Waals surface area contributed by atoms with Crippen molar-refractivity contribution in [1.82, 2.24) is 0 Å². The van der Waals surface area contributed by atoms with E-state index in [1.165, 1.54) is 0 Å². The Balaban J connectivity index is 2.65. The van der Waals surface area contributed by atoms with E-state index >= 15 is 0 Å². The summed E-state index contributed by atoms with van der Waals surface area (Å²) < 4.78 is 5.73. The summed E-state index contributed by atoms with van der Waals surface area (Å²) in [7, 11) is 0. The van der Waals surface area contributed by atoms with Crippen molar-refractivity contribution in [2.75, 3.05) is 0 Å². The van der Waals surface area contributed by atoms with Crippen molar-refractivity contribution in [1.29, 1.82) is 0 Å². The fraction of sp³-hybridized carbons (Fsp3) is 0.538. The summed E-state index contributed by atoms with van der Waals surface area (Å²) in [6.45, 7) is 5.97. The van der Waals surface area contributed by atoms with Gasteiger partial charge in [0, 0.05) is 0 Å². The van der Waals surface area contributed by atoms with Crippen LogP contribution in [0.5, 0.6) is 5.75 Å². The van der Waals surface area contributed by atoms with Gasteiger partial charge in [0.2, 0.25) is 0 Å². The number of rotatable bonds is 5. The second-order valence-corrected chi connectivity index (χ2v) is 3.97. The molecule has 0 aliphatic rings. The maximum absolute atomic E-state index is 9.43. The Kier molecular flexibility index (Phi) is 4.63. The molecule has 0 fully saturated rings. The second-order valence-electron chi connectivity index (χ2n) is 3.97. The molecule has 2 heteroatoms. The predicted molar refractivity (Wildman–Crippen MR) is 62.1 cm³/mol. The van der Waals surface area contributed by atoms with Crippen LogP contribution in [-0.4, -0.2) is 11.2 Å². The average Bonchev–Trinajstić information content (AvgIpc) is 2.18. The minimum Gasteiger partial charge on any atom is -0.491 e. The molecular weight excluding hydrogens is 188 g/mol. The van der Waals surface area contributed by atoms with E-state index in [0.29, 0.717) is 0 Å². The van der Waals surface area contributed by atoms with Crippen LogP contribution < -0.4 is 4.74 Å². The van der Waals surface area contributed by atoms with E-state index in [-0.39, 0.29) is 6.10 Å². The van der Waals surface area contributed by atoms with Crippen molar-refractivity contribution < 1.29 is 9.84 Å². The third kappa shape index (κ3) is 3.92. The molecule has 0 aliphatic carbocycles. The second kappa shape index (κ2) is 5.76. The molecule has 2 atom stereocenters. The fourth-order valence-corrected chi connectivity index (χ4v) is 1.55. The zero-order chi connectivity index (χ0) is 11.3. The first kappa shape index (κ1) is 12.1. The van der Waals surface area contributed by atoms with Crippen LogP contribution in [0.3, 0.4) is 0 Å². The van der Waals surface area contributed by atoms with Crippen LogP contribution in [0.2, 0.25) is 0 Å². The first-order valence-electron chi connectivity index (χ1n) is 5.58. The number of hydrogen-bond acceptors (Lipinski definition) is 2. The number of hydrogen-bond donors (Lipinski definition) is 1. The average molecular weight is 208 g/mol. The summed E-state index contributed by atoms with van der Waals surface area (Å²) in [6, 6.07) is 7.65. The van der Waals surface area contributed by atoms with Crippen molar-refractivity contribution in [2.24, 2.45) is 0 Å². The smallest absolute Gasteiger partial charge is 0.120 e. The van der Waals surface area contributed by atoms with E-state index in [1.807, 2.05) is 24.3 Å². The lowest BCUT2D eigenvalue weighted by atomic mass is 10.1. The van der Waals surface area contributed by atoms with Crippen molar-refractivity contribution in [3.05, 3.63) is 29.8 Å². The third-order valence-electron chi connectivity index (χ3n) is 2.37. The van der Waals surface area contributed by atoms with Crippen LogP contribution in [0, 0.1) is 0 Å². The molecule has 0 amide bonds. The van der Waals surface area contributed by atoms with Crippen LogP contribution in [0.1, 0.15) is 45.3 Å². The highest BCUT2D eigenvalue weighted by Gasteiger charge is 2.05. The molecule has 1 unspecified atom stereocenters. The lowest BCUT2D eigenvalue weighted by Crippen LogP contribution is -2.11. The van der Waals surface area contributed by atoms with Crippen molar-refractivity contribution in [3.8, 4) is 5.75 Å². The first-order chi connectivity index (χ1) is 7.13. The van der Waals surface area contributed by atoms with Gasteiger partial charge in [-0.3, -0.25) is 0 Å². The quantitative estimate of drug-likeness (QED) is 0.804. The number of aliphatic hydroxyl groups is 1. The van der Waals surface area contributed by atoms with Crippen LogP contribution in [0.15, 0.2) is 24.3 Å². The van der Waals surface area contributed by atoms with Gasteiger partial charge in [-0.1, -0.05) is 25.5 Å². The van der Waals surface area contributed by atoms with Crippen molar-refractivity contribution in [3.63, 3.8) is 0 Å². The van der Waals surface area contributed by atoms with Gasteiger partial charge in [0.15, 0.2) is 0 Å². The summed E-state index contributed by atoms with van der Waals surface area (Å²) in [6.07, 6.45) is 1.98. The molecule has 84 valence electrons. The fourth-order valence-electron chi connectivity index (χ4n) is 1.55. The monoisotopic (exact) mass is 208 g/mol. The van der Waals surface area contributed by atoms with Crippen LogP contribution in [0.25, 0.3) is 0 Å². The van der Waals surface area contributed by atoms with Gasteiger partial charge in [0.05, 0.1) is 12.2 Å². The number of ether oxygens (including phenoxy) is 1. The maximum atomic E-state index is 9.43. The first-order valence-corrected chi connectivity index (χ1v) is 5.58. The zero-order valence-electron chi connectivity index (χ0n) is 9.73. The molecule has 1 N–H and O–H groups in total. The SMILES string of the molecule is CCCC(C)Oc1cccc([C@@H](C)O)c1. The highest BCUT2D eigenvalue weighted by Crippen LogP contribution is 2.20. The largest absolute Gasteiger partial charge is 0.491 e. The van der Waals surface area contributed by atoms with Gasteiger partial charge in [-0.2, -0.15) is 0 Å². The van der Waals surface area contributed by atoms with Gasteiger partial charge < -0.3 is 9.84 Å². The molecule has 0 saturated heterocycles. The lowest BCUT2D eigenvalue weighted by Gasteiger charge is -2.15. The van der Waals surface area contributed by atoms with Gasteiger partial charge in [0.1, 0.15) is 5.75 Å². The van der Waals surface area contributed by atoms with E-state index in [9.17, 15) is 5.11 Å². The Morgan fingerprint density at radius 1 is 1.33 bits per heavy atom. The van der Waals surface area contributed by atoms with E-state index in [2.05, 4.69) is 13.8 Å². The normalized spacial score (nSPS) is 14.7. The van der Waals surface area contributed by atoms with Crippen molar-refractivity contribution in [2.45, 2.75) is 45.8 Å². The minimum absolute atomic E-state index is 0.235. The molecule has 0 saturated carbocycles. The topological polar surface area (TPSA) is 29.5 Å². The molecule has 15 heavy (non-hydrogen) atoms. The predicted octanol–water partition coefficient (Wildman–Crippen LogP) is 3.31. The third-order valence-corrected chi connectivity index (χ3v) is 2.37. The minimum atomic E-state index is -0.435. The van der Waals surface area contributed by atoms with Crippen LogP contribution in [0.4, 0.5) is 0 Å². The Hall–Kier alpha value is -1.02. The van der Waals surface area contributed by atoms with E-state index in [0.717, 1.165) is 24.2 Å². The summed E-state index contributed by atoms with van der Waals surface area (Å²) in [4.78, 5) is 0. The number of benzene rings is 1. The molecule has 0 radical (unpaired) electrons. The molecule has 0 bridgehead atoms. The van der Waals surface area contributed by atoms with E-state index < -0.39 is 6.10 Å². The standard InChI is InChI=1S/C13H20O2/c1-4-6-10(2)15-13-8-5-7-12(9-13)11(3)14/h5,7-11,14H,4,6H2,1-3H3/t10?,11-/m1/s1. The molecule has 1 aromatic carbocycles. The van der Waals surface area contributed by atoms with Gasteiger partial charge in [-0.15, -0.1) is 0 Å². The summed E-state index contributed by atoms with van der Waals surface area (Å²) >= 11 is 0. The molecule has 1 aromatic rings. The summed E-state index contributed by atoms with van der Waals surface area (Å²) in [5, 5.41) is 9.43.